The first-order chi connectivity index (χ1) is 6.25. The molecule has 1 aliphatic heterocycles. The molecule has 68 valence electrons. The van der Waals surface area contributed by atoms with Crippen LogP contribution in [0.4, 0.5) is 4.79 Å². The Morgan fingerprint density at radius 3 is 2.92 bits per heavy atom. The van der Waals surface area contributed by atoms with Crippen molar-refractivity contribution in [2.45, 2.75) is 6.54 Å². The topological polar surface area (TPSA) is 78.1 Å². The second-order valence-corrected chi connectivity index (χ2v) is 2.75. The summed E-state index contributed by atoms with van der Waals surface area (Å²) in [7, 11) is 0. The second kappa shape index (κ2) is 2.89. The monoisotopic (exact) mass is 180 g/mol. The number of hydrogen-bond acceptors (Lipinski definition) is 3. The van der Waals surface area contributed by atoms with Crippen LogP contribution in [0.2, 0.25) is 0 Å². The van der Waals surface area contributed by atoms with E-state index in [4.69, 9.17) is 0 Å². The van der Waals surface area contributed by atoms with Gasteiger partial charge in [-0.3, -0.25) is 10.1 Å². The molecule has 2 rings (SSSR count). The van der Waals surface area contributed by atoms with Gasteiger partial charge in [-0.15, -0.1) is 0 Å². The number of aromatic amines is 1. The van der Waals surface area contributed by atoms with Crippen molar-refractivity contribution in [3.8, 4) is 0 Å². The smallest absolute Gasteiger partial charge is 0.324 e. The van der Waals surface area contributed by atoms with Crippen LogP contribution in [0.1, 0.15) is 5.82 Å². The Morgan fingerprint density at radius 2 is 2.38 bits per heavy atom. The summed E-state index contributed by atoms with van der Waals surface area (Å²) in [5.74, 6) is 0.404. The molecule has 13 heavy (non-hydrogen) atoms. The van der Waals surface area contributed by atoms with Crippen molar-refractivity contribution >= 4 is 11.9 Å². The number of imide groups is 1. The van der Waals surface area contributed by atoms with E-state index in [1.165, 1.54) is 4.90 Å². The second-order valence-electron chi connectivity index (χ2n) is 2.75. The maximum absolute atomic E-state index is 11.1. The van der Waals surface area contributed by atoms with Crippen molar-refractivity contribution < 1.29 is 9.59 Å². The van der Waals surface area contributed by atoms with E-state index >= 15 is 0 Å². The van der Waals surface area contributed by atoms with Gasteiger partial charge in [0.25, 0.3) is 0 Å². The number of imidazole rings is 1. The Hall–Kier alpha value is -1.85. The highest BCUT2D eigenvalue weighted by Gasteiger charge is 2.26. The Morgan fingerprint density at radius 1 is 1.54 bits per heavy atom. The average molecular weight is 180 g/mol. The lowest BCUT2D eigenvalue weighted by Gasteiger charge is -2.09. The van der Waals surface area contributed by atoms with Crippen molar-refractivity contribution in [1.29, 1.82) is 0 Å². The molecule has 1 saturated heterocycles. The summed E-state index contributed by atoms with van der Waals surface area (Å²) >= 11 is 0. The molecular weight excluding hydrogens is 172 g/mol. The molecule has 6 nitrogen and oxygen atoms in total. The normalized spacial score (nSPS) is 16.5. The van der Waals surface area contributed by atoms with E-state index in [1.54, 1.807) is 12.4 Å². The maximum atomic E-state index is 11.1. The number of nitrogens with zero attached hydrogens (tertiary/aromatic N) is 2. The fourth-order valence-electron chi connectivity index (χ4n) is 1.18. The molecule has 0 atom stereocenters. The molecule has 1 fully saturated rings. The van der Waals surface area contributed by atoms with E-state index in [9.17, 15) is 9.59 Å². The lowest BCUT2D eigenvalue weighted by Crippen LogP contribution is -2.28. The minimum absolute atomic E-state index is 0.111. The Kier molecular flexibility index (Phi) is 1.73. The molecule has 0 aliphatic carbocycles. The summed E-state index contributed by atoms with van der Waals surface area (Å²) < 4.78 is 0. The molecular formula is C7H8N4O2. The van der Waals surface area contributed by atoms with E-state index in [-0.39, 0.29) is 18.5 Å². The summed E-state index contributed by atoms with van der Waals surface area (Å²) in [6.45, 7) is 0.449. The zero-order valence-corrected chi connectivity index (χ0v) is 6.78. The average Bonchev–Trinajstić information content (AvgIpc) is 2.63. The predicted molar refractivity (Wildman–Crippen MR) is 42.5 cm³/mol. The van der Waals surface area contributed by atoms with Crippen molar-refractivity contribution in [3.63, 3.8) is 0 Å². The summed E-state index contributed by atoms with van der Waals surface area (Å²) in [6.07, 6.45) is 3.27. The van der Waals surface area contributed by atoms with Crippen LogP contribution >= 0.6 is 0 Å². The molecule has 1 aliphatic rings. The van der Waals surface area contributed by atoms with Crippen LogP contribution in [0.5, 0.6) is 0 Å². The van der Waals surface area contributed by atoms with Gasteiger partial charge in [-0.05, 0) is 0 Å². The number of carbonyl (C=O) groups excluding carboxylic acids is 2. The van der Waals surface area contributed by atoms with Gasteiger partial charge in [-0.2, -0.15) is 0 Å². The lowest BCUT2D eigenvalue weighted by molar-refractivity contribution is -0.118. The van der Waals surface area contributed by atoms with Crippen LogP contribution in [0, 0.1) is 0 Å². The molecule has 1 aromatic rings. The van der Waals surface area contributed by atoms with Crippen molar-refractivity contribution in [3.05, 3.63) is 18.2 Å². The number of amides is 3. The molecule has 2 N–H and O–H groups in total. The van der Waals surface area contributed by atoms with E-state index in [1.807, 2.05) is 0 Å². The van der Waals surface area contributed by atoms with Crippen LogP contribution in [0.25, 0.3) is 0 Å². The molecule has 1 aromatic heterocycles. The number of H-pyrrole nitrogens is 1. The van der Waals surface area contributed by atoms with Gasteiger partial charge in [-0.25, -0.2) is 9.78 Å². The highest BCUT2D eigenvalue weighted by molar-refractivity contribution is 6.01. The first-order valence-electron chi connectivity index (χ1n) is 3.83. The Bertz CT molecular complexity index is 332. The van der Waals surface area contributed by atoms with Crippen LogP contribution in [-0.4, -0.2) is 33.4 Å². The number of hydrogen-bond donors (Lipinski definition) is 2. The number of nitrogens with one attached hydrogen (secondary N) is 2. The van der Waals surface area contributed by atoms with Gasteiger partial charge < -0.3 is 9.88 Å². The van der Waals surface area contributed by atoms with Gasteiger partial charge >= 0.3 is 6.03 Å². The highest BCUT2D eigenvalue weighted by Crippen LogP contribution is 2.02. The molecule has 6 heteroatoms. The SMILES string of the molecule is O=C1CN(Cc2ncc[nH]2)C(=O)N1. The third-order valence-corrected chi connectivity index (χ3v) is 1.76. The number of rotatable bonds is 2. The first-order valence-corrected chi connectivity index (χ1v) is 3.83. The van der Waals surface area contributed by atoms with Gasteiger partial charge in [0.15, 0.2) is 0 Å². The summed E-state index contributed by atoms with van der Waals surface area (Å²) in [5, 5.41) is 2.19. The first kappa shape index (κ1) is 7.78. The number of urea groups is 1. The molecule has 3 amide bonds. The summed E-state index contributed by atoms with van der Waals surface area (Å²) in [4.78, 5) is 30.0. The molecule has 0 unspecified atom stereocenters. The van der Waals surface area contributed by atoms with Crippen LogP contribution in [0.15, 0.2) is 12.4 Å². The van der Waals surface area contributed by atoms with Crippen molar-refractivity contribution in [2.75, 3.05) is 6.54 Å². The molecule has 0 aromatic carbocycles. The standard InChI is InChI=1S/C7H8N4O2/c12-6-4-11(7(13)10-6)3-5-8-1-2-9-5/h1-2H,3-4H2,(H,8,9)(H,10,12,13). The van der Waals surface area contributed by atoms with Gasteiger partial charge in [0.2, 0.25) is 5.91 Å². The lowest BCUT2D eigenvalue weighted by atomic mass is 10.5. The third kappa shape index (κ3) is 1.51. The predicted octanol–water partition coefficient (Wildman–Crippen LogP) is -0.538. The molecule has 0 spiro atoms. The molecule has 0 radical (unpaired) electrons. The zero-order chi connectivity index (χ0) is 9.26. The molecule has 0 bridgehead atoms. The fraction of sp³-hybridized carbons (Fsp3) is 0.286. The summed E-state index contributed by atoms with van der Waals surface area (Å²) in [5.41, 5.74) is 0. The van der Waals surface area contributed by atoms with Crippen molar-refractivity contribution in [2.24, 2.45) is 0 Å². The maximum Gasteiger partial charge on any atom is 0.324 e. The van der Waals surface area contributed by atoms with Gasteiger partial charge in [-0.1, -0.05) is 0 Å². The number of aromatic nitrogens is 2. The summed E-state index contributed by atoms with van der Waals surface area (Å²) in [6, 6.07) is -0.360. The Balaban J connectivity index is 2.03. The quantitative estimate of drug-likeness (QED) is 0.600. The minimum atomic E-state index is -0.360. The van der Waals surface area contributed by atoms with E-state index < -0.39 is 0 Å². The Labute approximate surface area is 73.9 Å². The van der Waals surface area contributed by atoms with E-state index in [2.05, 4.69) is 15.3 Å². The zero-order valence-electron chi connectivity index (χ0n) is 6.78. The van der Waals surface area contributed by atoms with Crippen LogP contribution < -0.4 is 5.32 Å². The van der Waals surface area contributed by atoms with Crippen LogP contribution in [-0.2, 0) is 11.3 Å². The minimum Gasteiger partial charge on any atom is -0.347 e. The van der Waals surface area contributed by atoms with E-state index in [0.717, 1.165) is 0 Å². The third-order valence-electron chi connectivity index (χ3n) is 1.76. The van der Waals surface area contributed by atoms with Crippen molar-refractivity contribution in [1.82, 2.24) is 20.2 Å². The highest BCUT2D eigenvalue weighted by atomic mass is 16.2. The van der Waals surface area contributed by atoms with E-state index in [0.29, 0.717) is 12.4 Å². The molecule has 2 heterocycles. The van der Waals surface area contributed by atoms with Crippen LogP contribution in [0.3, 0.4) is 0 Å². The molecule has 0 saturated carbocycles. The van der Waals surface area contributed by atoms with Gasteiger partial charge in [0, 0.05) is 12.4 Å². The number of carbonyl (C=O) groups is 2. The van der Waals surface area contributed by atoms with Gasteiger partial charge in [0.1, 0.15) is 12.4 Å². The largest absolute Gasteiger partial charge is 0.347 e. The van der Waals surface area contributed by atoms with Gasteiger partial charge in [0.05, 0.1) is 6.54 Å². The fourth-order valence-corrected chi connectivity index (χ4v) is 1.18.